The fraction of sp³-hybridized carbons (Fsp3) is 0.227. The highest BCUT2D eigenvalue weighted by Crippen LogP contribution is 2.26. The first-order valence-electron chi connectivity index (χ1n) is 9.25. The van der Waals surface area contributed by atoms with Crippen LogP contribution in [0.3, 0.4) is 0 Å². The molecule has 1 aromatic heterocycles. The van der Waals surface area contributed by atoms with Gasteiger partial charge in [0.05, 0.1) is 27.8 Å². The van der Waals surface area contributed by atoms with Crippen LogP contribution in [0.5, 0.6) is 5.75 Å². The normalized spacial score (nSPS) is 10.5. The minimum Gasteiger partial charge on any atom is -0.479 e. The molecule has 8 heteroatoms. The van der Waals surface area contributed by atoms with Crippen LogP contribution in [0.1, 0.15) is 22.5 Å². The average molecular weight is 443 g/mol. The van der Waals surface area contributed by atoms with Crippen LogP contribution in [0.15, 0.2) is 42.5 Å². The molecule has 0 aliphatic rings. The maximum absolute atomic E-state index is 12.5. The lowest BCUT2D eigenvalue weighted by molar-refractivity contribution is -0.120. The summed E-state index contributed by atoms with van der Waals surface area (Å²) in [6, 6.07) is 14.5. The second-order valence-corrected chi connectivity index (χ2v) is 7.52. The summed E-state index contributed by atoms with van der Waals surface area (Å²) in [6.07, 6.45) is 0.212. The second kappa shape index (κ2) is 9.66. The fourth-order valence-electron chi connectivity index (χ4n) is 3.08. The minimum atomic E-state index is -0.113. The molecule has 0 unspecified atom stereocenters. The third-order valence-corrected chi connectivity index (χ3v) is 5.36. The van der Waals surface area contributed by atoms with Crippen molar-refractivity contribution in [2.75, 3.05) is 6.61 Å². The third-order valence-electron chi connectivity index (χ3n) is 4.62. The Morgan fingerprint density at radius 2 is 2.00 bits per heavy atom. The molecule has 1 heterocycles. The van der Waals surface area contributed by atoms with E-state index in [2.05, 4.69) is 10.4 Å². The standard InChI is InChI=1S/C22H20Cl2N4O2/c1-14-19(15(2)28(27-14)17-6-7-20(23)21(24)11-17)12-22(29)26-13-16-4-3-5-18(10-16)30-9-8-25/h3-7,10-11H,9,12-13H2,1-2H3,(H,26,29). The molecule has 0 spiro atoms. The van der Waals surface area contributed by atoms with Crippen molar-refractivity contribution in [2.45, 2.75) is 26.8 Å². The van der Waals surface area contributed by atoms with Crippen LogP contribution in [-0.2, 0) is 17.8 Å². The van der Waals surface area contributed by atoms with Crippen LogP contribution in [0.2, 0.25) is 10.0 Å². The third kappa shape index (κ3) is 5.12. The molecule has 3 aromatic rings. The van der Waals surface area contributed by atoms with Gasteiger partial charge >= 0.3 is 0 Å². The summed E-state index contributed by atoms with van der Waals surface area (Å²) in [7, 11) is 0. The number of amides is 1. The molecular formula is C22H20Cl2N4O2. The number of carbonyl (C=O) groups is 1. The Morgan fingerprint density at radius 3 is 2.73 bits per heavy atom. The molecule has 0 saturated heterocycles. The van der Waals surface area contributed by atoms with Crippen LogP contribution in [0.4, 0.5) is 0 Å². The molecule has 0 saturated carbocycles. The highest BCUT2D eigenvalue weighted by atomic mass is 35.5. The van der Waals surface area contributed by atoms with E-state index in [9.17, 15) is 4.79 Å². The zero-order valence-electron chi connectivity index (χ0n) is 16.6. The van der Waals surface area contributed by atoms with Gasteiger partial charge in [-0.15, -0.1) is 0 Å². The predicted octanol–water partition coefficient (Wildman–Crippen LogP) is 4.56. The van der Waals surface area contributed by atoms with Crippen molar-refractivity contribution in [3.63, 3.8) is 0 Å². The monoisotopic (exact) mass is 442 g/mol. The summed E-state index contributed by atoms with van der Waals surface area (Å²) in [5, 5.41) is 17.0. The van der Waals surface area contributed by atoms with E-state index in [1.54, 1.807) is 28.9 Å². The minimum absolute atomic E-state index is 0.0167. The molecule has 30 heavy (non-hydrogen) atoms. The summed E-state index contributed by atoms with van der Waals surface area (Å²) in [5.74, 6) is 0.483. The first-order chi connectivity index (χ1) is 14.4. The summed E-state index contributed by atoms with van der Waals surface area (Å²) in [4.78, 5) is 12.5. The molecule has 6 nitrogen and oxygen atoms in total. The molecule has 0 aliphatic carbocycles. The highest BCUT2D eigenvalue weighted by Gasteiger charge is 2.16. The lowest BCUT2D eigenvalue weighted by atomic mass is 10.1. The Hall–Kier alpha value is -3.01. The molecule has 0 radical (unpaired) electrons. The Kier molecular flexibility index (Phi) is 6.99. The largest absolute Gasteiger partial charge is 0.479 e. The van der Waals surface area contributed by atoms with Gasteiger partial charge in [-0.3, -0.25) is 4.79 Å². The fourth-order valence-corrected chi connectivity index (χ4v) is 3.38. The van der Waals surface area contributed by atoms with Gasteiger partial charge in [-0.25, -0.2) is 4.68 Å². The van der Waals surface area contributed by atoms with E-state index >= 15 is 0 Å². The number of carbonyl (C=O) groups excluding carboxylic acids is 1. The van der Waals surface area contributed by atoms with E-state index in [-0.39, 0.29) is 18.9 Å². The molecule has 154 valence electrons. The number of aryl methyl sites for hydroxylation is 1. The van der Waals surface area contributed by atoms with Gasteiger partial charge < -0.3 is 10.1 Å². The topological polar surface area (TPSA) is 79.9 Å². The zero-order chi connectivity index (χ0) is 21.7. The number of halogens is 2. The number of hydrogen-bond acceptors (Lipinski definition) is 4. The quantitative estimate of drug-likeness (QED) is 0.581. The van der Waals surface area contributed by atoms with E-state index in [0.717, 1.165) is 28.2 Å². The van der Waals surface area contributed by atoms with Crippen molar-refractivity contribution in [3.05, 3.63) is 75.0 Å². The summed E-state index contributed by atoms with van der Waals surface area (Å²) in [6.45, 7) is 4.14. The van der Waals surface area contributed by atoms with E-state index in [1.807, 2.05) is 38.1 Å². The second-order valence-electron chi connectivity index (χ2n) is 6.71. The van der Waals surface area contributed by atoms with Gasteiger partial charge in [0, 0.05) is 17.8 Å². The SMILES string of the molecule is Cc1nn(-c2ccc(Cl)c(Cl)c2)c(C)c1CC(=O)NCc1cccc(OCC#N)c1. The molecule has 0 aliphatic heterocycles. The Balaban J connectivity index is 1.68. The van der Waals surface area contributed by atoms with Gasteiger partial charge in [-0.05, 0) is 49.7 Å². The number of hydrogen-bond donors (Lipinski definition) is 1. The summed E-state index contributed by atoms with van der Waals surface area (Å²) in [5.41, 5.74) is 4.18. The van der Waals surface area contributed by atoms with Crippen molar-refractivity contribution in [1.29, 1.82) is 5.26 Å². The molecule has 2 aromatic carbocycles. The van der Waals surface area contributed by atoms with Crippen molar-refractivity contribution < 1.29 is 9.53 Å². The predicted molar refractivity (Wildman–Crippen MR) is 116 cm³/mol. The molecule has 0 bridgehead atoms. The first kappa shape index (κ1) is 21.7. The van der Waals surface area contributed by atoms with Gasteiger partial charge in [-0.2, -0.15) is 10.4 Å². The van der Waals surface area contributed by atoms with E-state index in [4.69, 9.17) is 33.2 Å². The Morgan fingerprint density at radius 1 is 1.20 bits per heavy atom. The number of nitriles is 1. The zero-order valence-corrected chi connectivity index (χ0v) is 18.1. The average Bonchev–Trinajstić information content (AvgIpc) is 3.01. The Bertz CT molecular complexity index is 1120. The maximum Gasteiger partial charge on any atom is 0.224 e. The number of nitrogens with one attached hydrogen (secondary N) is 1. The highest BCUT2D eigenvalue weighted by molar-refractivity contribution is 6.42. The van der Waals surface area contributed by atoms with Crippen LogP contribution in [0, 0.1) is 25.2 Å². The number of nitrogens with zero attached hydrogens (tertiary/aromatic N) is 3. The molecule has 0 atom stereocenters. The van der Waals surface area contributed by atoms with E-state index < -0.39 is 0 Å². The first-order valence-corrected chi connectivity index (χ1v) is 10.0. The summed E-state index contributed by atoms with van der Waals surface area (Å²) >= 11 is 12.1. The molecule has 3 rings (SSSR count). The molecule has 0 fully saturated rings. The van der Waals surface area contributed by atoms with Crippen molar-refractivity contribution >= 4 is 29.1 Å². The van der Waals surface area contributed by atoms with Gasteiger partial charge in [-0.1, -0.05) is 35.3 Å². The van der Waals surface area contributed by atoms with Gasteiger partial charge in [0.15, 0.2) is 6.61 Å². The van der Waals surface area contributed by atoms with Crippen LogP contribution < -0.4 is 10.1 Å². The van der Waals surface area contributed by atoms with E-state index in [1.165, 1.54) is 0 Å². The number of rotatable bonds is 7. The lowest BCUT2D eigenvalue weighted by Gasteiger charge is -2.09. The van der Waals surface area contributed by atoms with Gasteiger partial charge in [0.1, 0.15) is 11.8 Å². The molecule has 1 N–H and O–H groups in total. The van der Waals surface area contributed by atoms with Gasteiger partial charge in [0.2, 0.25) is 5.91 Å². The van der Waals surface area contributed by atoms with Crippen LogP contribution >= 0.6 is 23.2 Å². The van der Waals surface area contributed by atoms with Crippen LogP contribution in [-0.4, -0.2) is 22.3 Å². The van der Waals surface area contributed by atoms with Crippen molar-refractivity contribution in [1.82, 2.24) is 15.1 Å². The van der Waals surface area contributed by atoms with Gasteiger partial charge in [0.25, 0.3) is 0 Å². The van der Waals surface area contributed by atoms with Crippen molar-refractivity contribution in [2.24, 2.45) is 0 Å². The summed E-state index contributed by atoms with van der Waals surface area (Å²) < 4.78 is 7.05. The lowest BCUT2D eigenvalue weighted by Crippen LogP contribution is -2.25. The Labute approximate surface area is 185 Å². The number of aromatic nitrogens is 2. The van der Waals surface area contributed by atoms with Crippen LogP contribution in [0.25, 0.3) is 5.69 Å². The van der Waals surface area contributed by atoms with E-state index in [0.29, 0.717) is 22.3 Å². The maximum atomic E-state index is 12.5. The van der Waals surface area contributed by atoms with Crippen molar-refractivity contribution in [3.8, 4) is 17.5 Å². The number of ether oxygens (including phenoxy) is 1. The smallest absolute Gasteiger partial charge is 0.224 e. The number of benzene rings is 2. The molecular weight excluding hydrogens is 423 g/mol. The molecule has 1 amide bonds.